The molecule has 0 saturated carbocycles. The van der Waals surface area contributed by atoms with Gasteiger partial charge in [0.1, 0.15) is 5.82 Å². The van der Waals surface area contributed by atoms with Crippen molar-refractivity contribution in [3.63, 3.8) is 0 Å². The minimum absolute atomic E-state index is 0.289. The van der Waals surface area contributed by atoms with E-state index in [9.17, 15) is 0 Å². The lowest BCUT2D eigenvalue weighted by Gasteiger charge is -2.04. The molecule has 0 spiro atoms. The highest BCUT2D eigenvalue weighted by Crippen LogP contribution is 2.17. The molecule has 5 heteroatoms. The molecule has 81 valence electrons. The van der Waals surface area contributed by atoms with Crippen LogP contribution in [0, 0.1) is 0 Å². The Morgan fingerprint density at radius 2 is 1.94 bits per heavy atom. The van der Waals surface area contributed by atoms with Gasteiger partial charge in [0.15, 0.2) is 0 Å². The van der Waals surface area contributed by atoms with E-state index in [2.05, 4.69) is 25.9 Å². The molecule has 0 aliphatic heterocycles. The Bertz CT molecular complexity index is 499. The van der Waals surface area contributed by atoms with E-state index in [-0.39, 0.29) is 5.16 Å². The van der Waals surface area contributed by atoms with Crippen LogP contribution in [0.5, 0.6) is 0 Å². The van der Waals surface area contributed by atoms with Crippen molar-refractivity contribution in [3.05, 3.63) is 46.1 Å². The van der Waals surface area contributed by atoms with E-state index in [1.165, 1.54) is 0 Å². The van der Waals surface area contributed by atoms with Gasteiger partial charge in [0, 0.05) is 22.7 Å². The van der Waals surface area contributed by atoms with E-state index in [1.54, 1.807) is 6.20 Å². The molecule has 1 heterocycles. The van der Waals surface area contributed by atoms with Gasteiger partial charge in [0.05, 0.1) is 0 Å². The Morgan fingerprint density at radius 3 is 2.56 bits per heavy atom. The van der Waals surface area contributed by atoms with Gasteiger partial charge < -0.3 is 5.73 Å². The number of hydrogen-bond acceptors (Lipinski definition) is 3. The van der Waals surface area contributed by atoms with Gasteiger partial charge >= 0.3 is 0 Å². The molecule has 3 nitrogen and oxygen atoms in total. The van der Waals surface area contributed by atoms with Crippen molar-refractivity contribution in [1.29, 1.82) is 0 Å². The van der Waals surface area contributed by atoms with E-state index in [1.807, 2.05) is 24.3 Å². The van der Waals surface area contributed by atoms with Gasteiger partial charge in [0.25, 0.3) is 0 Å². The number of rotatable bonds is 2. The van der Waals surface area contributed by atoms with Crippen molar-refractivity contribution in [1.82, 2.24) is 9.97 Å². The summed E-state index contributed by atoms with van der Waals surface area (Å²) in [7, 11) is 0. The largest absolute Gasteiger partial charge is 0.383 e. The number of benzene rings is 1. The van der Waals surface area contributed by atoms with Crippen LogP contribution < -0.4 is 5.73 Å². The van der Waals surface area contributed by atoms with Crippen LogP contribution in [0.15, 0.2) is 40.1 Å². The van der Waals surface area contributed by atoms with Crippen LogP contribution in [0.25, 0.3) is 0 Å². The lowest BCUT2D eigenvalue weighted by Crippen LogP contribution is -2.00. The number of nitrogens with two attached hydrogens (primary N) is 1. The van der Waals surface area contributed by atoms with Crippen LogP contribution in [-0.2, 0) is 6.42 Å². The summed E-state index contributed by atoms with van der Waals surface area (Å²) in [6.07, 6.45) is 2.40. The Kier molecular flexibility index (Phi) is 3.36. The number of halogens is 1. The topological polar surface area (TPSA) is 51.8 Å². The molecular formula is C11H9BrN3S. The van der Waals surface area contributed by atoms with Gasteiger partial charge in [-0.25, -0.2) is 9.97 Å². The van der Waals surface area contributed by atoms with Crippen LogP contribution in [0.4, 0.5) is 5.82 Å². The van der Waals surface area contributed by atoms with E-state index in [0.29, 0.717) is 12.2 Å². The van der Waals surface area contributed by atoms with Gasteiger partial charge in [-0.1, -0.05) is 28.1 Å². The van der Waals surface area contributed by atoms with E-state index < -0.39 is 0 Å². The van der Waals surface area contributed by atoms with Crippen molar-refractivity contribution >= 4 is 34.4 Å². The smallest absolute Gasteiger partial charge is 0.221 e. The Balaban J connectivity index is 2.23. The summed E-state index contributed by atoms with van der Waals surface area (Å²) >= 11 is 8.22. The number of hydrogen-bond donors (Lipinski definition) is 1. The third-order valence-corrected chi connectivity index (χ3v) is 2.91. The predicted molar refractivity (Wildman–Crippen MR) is 69.2 cm³/mol. The molecule has 16 heavy (non-hydrogen) atoms. The van der Waals surface area contributed by atoms with Gasteiger partial charge in [-0.05, 0) is 30.3 Å². The van der Waals surface area contributed by atoms with Crippen LogP contribution in [-0.4, -0.2) is 9.97 Å². The van der Waals surface area contributed by atoms with Crippen molar-refractivity contribution in [2.24, 2.45) is 0 Å². The Labute approximate surface area is 108 Å². The molecule has 2 aromatic rings. The quantitative estimate of drug-likeness (QED) is 0.867. The second kappa shape index (κ2) is 4.76. The molecular weight excluding hydrogens is 286 g/mol. The highest BCUT2D eigenvalue weighted by atomic mass is 79.9. The van der Waals surface area contributed by atoms with Crippen molar-refractivity contribution in [2.45, 2.75) is 11.6 Å². The maximum absolute atomic E-state index is 5.77. The lowest BCUT2D eigenvalue weighted by molar-refractivity contribution is 0.950. The molecule has 0 bridgehead atoms. The summed E-state index contributed by atoms with van der Waals surface area (Å²) < 4.78 is 1.06. The fourth-order valence-corrected chi connectivity index (χ4v) is 1.78. The SMILES string of the molecule is Nc1nc([S])ncc1Cc1ccc(Br)cc1. The summed E-state index contributed by atoms with van der Waals surface area (Å²) in [5, 5.41) is 0.289. The number of nitrogen functional groups attached to an aromatic ring is 1. The maximum Gasteiger partial charge on any atom is 0.221 e. The fourth-order valence-electron chi connectivity index (χ4n) is 1.36. The van der Waals surface area contributed by atoms with Gasteiger partial charge in [-0.15, -0.1) is 0 Å². The van der Waals surface area contributed by atoms with Crippen LogP contribution in [0.3, 0.4) is 0 Å². The summed E-state index contributed by atoms with van der Waals surface area (Å²) in [5.74, 6) is 0.461. The molecule has 1 aromatic heterocycles. The van der Waals surface area contributed by atoms with Crippen molar-refractivity contribution in [2.75, 3.05) is 5.73 Å². The second-order valence-electron chi connectivity index (χ2n) is 3.37. The lowest BCUT2D eigenvalue weighted by atomic mass is 10.1. The van der Waals surface area contributed by atoms with Gasteiger partial charge in [0.2, 0.25) is 5.16 Å². The number of nitrogens with zero attached hydrogens (tertiary/aromatic N) is 2. The molecule has 0 amide bonds. The van der Waals surface area contributed by atoms with Crippen LogP contribution >= 0.6 is 28.6 Å². The number of anilines is 1. The van der Waals surface area contributed by atoms with E-state index in [0.717, 1.165) is 15.6 Å². The first-order valence-electron chi connectivity index (χ1n) is 4.68. The first-order chi connectivity index (χ1) is 7.65. The van der Waals surface area contributed by atoms with Gasteiger partial charge in [-0.3, -0.25) is 0 Å². The molecule has 0 aliphatic carbocycles. The Morgan fingerprint density at radius 1 is 1.25 bits per heavy atom. The monoisotopic (exact) mass is 294 g/mol. The zero-order valence-corrected chi connectivity index (χ0v) is 10.8. The molecule has 0 fully saturated rings. The molecule has 0 aliphatic rings. The highest BCUT2D eigenvalue weighted by Gasteiger charge is 2.03. The second-order valence-corrected chi connectivity index (χ2v) is 4.65. The summed E-state index contributed by atoms with van der Waals surface area (Å²) in [6.45, 7) is 0. The van der Waals surface area contributed by atoms with E-state index in [4.69, 9.17) is 18.4 Å². The zero-order chi connectivity index (χ0) is 11.5. The van der Waals surface area contributed by atoms with Crippen molar-refractivity contribution < 1.29 is 0 Å². The fraction of sp³-hybridized carbons (Fsp3) is 0.0909. The standard InChI is InChI=1S/C11H9BrN3S/c12-9-3-1-7(2-4-9)5-8-6-14-11(16)15-10(8)13/h1-4,6H,5H2,(H2,13,14,15). The minimum atomic E-state index is 0.289. The van der Waals surface area contributed by atoms with Crippen LogP contribution in [0.1, 0.15) is 11.1 Å². The van der Waals surface area contributed by atoms with E-state index >= 15 is 0 Å². The minimum Gasteiger partial charge on any atom is -0.383 e. The normalized spacial score (nSPS) is 10.3. The summed E-state index contributed by atoms with van der Waals surface area (Å²) in [5.41, 5.74) is 7.83. The summed E-state index contributed by atoms with van der Waals surface area (Å²) in [6, 6.07) is 8.05. The first-order valence-corrected chi connectivity index (χ1v) is 5.88. The number of aromatic nitrogens is 2. The van der Waals surface area contributed by atoms with Crippen LogP contribution in [0.2, 0.25) is 0 Å². The molecule has 1 aromatic carbocycles. The molecule has 1 radical (unpaired) electrons. The first kappa shape index (κ1) is 11.3. The molecule has 2 N–H and O–H groups in total. The average molecular weight is 295 g/mol. The molecule has 2 rings (SSSR count). The average Bonchev–Trinajstić information content (AvgIpc) is 2.25. The highest BCUT2D eigenvalue weighted by molar-refractivity contribution is 9.10. The third kappa shape index (κ3) is 2.68. The zero-order valence-electron chi connectivity index (χ0n) is 8.35. The molecule has 0 unspecified atom stereocenters. The third-order valence-electron chi connectivity index (χ3n) is 2.18. The Hall–Kier alpha value is -1.20. The maximum atomic E-state index is 5.77. The van der Waals surface area contributed by atoms with Gasteiger partial charge in [-0.2, -0.15) is 0 Å². The molecule has 0 atom stereocenters. The summed E-state index contributed by atoms with van der Waals surface area (Å²) in [4.78, 5) is 7.93. The molecule has 0 saturated heterocycles. The van der Waals surface area contributed by atoms with Crippen molar-refractivity contribution in [3.8, 4) is 0 Å². The predicted octanol–water partition coefficient (Wildman–Crippen LogP) is 2.97.